The normalized spacial score (nSPS) is 11.5. The lowest BCUT2D eigenvalue weighted by Crippen LogP contribution is -2.27. The van der Waals surface area contributed by atoms with Crippen LogP contribution in [0.25, 0.3) is 0 Å². The molecule has 0 radical (unpaired) electrons. The summed E-state index contributed by atoms with van der Waals surface area (Å²) in [6, 6.07) is 0. The first-order valence-corrected chi connectivity index (χ1v) is 10.6. The topological polar surface area (TPSA) is 62.2 Å². The van der Waals surface area contributed by atoms with Gasteiger partial charge in [0.2, 0.25) is 0 Å². The van der Waals surface area contributed by atoms with Gasteiger partial charge in [-0.2, -0.15) is 0 Å². The minimum atomic E-state index is 0.128. The van der Waals surface area contributed by atoms with Gasteiger partial charge in [-0.15, -0.1) is 0 Å². The van der Waals surface area contributed by atoms with Gasteiger partial charge in [-0.05, 0) is 19.3 Å². The van der Waals surface area contributed by atoms with E-state index in [4.69, 9.17) is 19.9 Å². The van der Waals surface area contributed by atoms with E-state index in [-0.39, 0.29) is 13.2 Å². The number of hydrogen-bond donors (Lipinski definition) is 2. The zero-order valence-corrected chi connectivity index (χ0v) is 16.6. The smallest absolute Gasteiger partial charge is 0.0733 e. The molecule has 0 aromatic carbocycles. The van der Waals surface area contributed by atoms with Gasteiger partial charge in [0, 0.05) is 13.2 Å². The van der Waals surface area contributed by atoms with Gasteiger partial charge in [0.1, 0.15) is 0 Å². The number of aliphatic hydroxyl groups is 2. The van der Waals surface area contributed by atoms with Crippen molar-refractivity contribution < 1.29 is 19.9 Å². The van der Waals surface area contributed by atoms with Crippen molar-refractivity contribution in [3.63, 3.8) is 0 Å². The standard InChI is InChI=1S/C20H43NO4/c1-2-3-4-5-6-7-8-9-10-11-12-13-16-21(24-19-14-17-22)25-20-15-18-23/h22-23H,2-20H2,1H3. The lowest BCUT2D eigenvalue weighted by atomic mass is 10.1. The van der Waals surface area contributed by atoms with E-state index in [1.807, 2.05) is 0 Å². The predicted octanol–water partition coefficient (Wildman–Crippen LogP) is 4.62. The molecule has 0 saturated heterocycles. The molecule has 5 nitrogen and oxygen atoms in total. The lowest BCUT2D eigenvalue weighted by molar-refractivity contribution is -0.369. The van der Waals surface area contributed by atoms with Crippen molar-refractivity contribution in [3.05, 3.63) is 0 Å². The van der Waals surface area contributed by atoms with Crippen LogP contribution < -0.4 is 0 Å². The van der Waals surface area contributed by atoms with Gasteiger partial charge in [-0.1, -0.05) is 82.8 Å². The van der Waals surface area contributed by atoms with Crippen LogP contribution in [0.5, 0.6) is 0 Å². The predicted molar refractivity (Wildman–Crippen MR) is 103 cm³/mol. The summed E-state index contributed by atoms with van der Waals surface area (Å²) in [6.45, 7) is 4.20. The molecule has 0 unspecified atom stereocenters. The second-order valence-corrected chi connectivity index (χ2v) is 6.77. The highest BCUT2D eigenvalue weighted by Crippen LogP contribution is 2.12. The van der Waals surface area contributed by atoms with Crippen molar-refractivity contribution in [3.8, 4) is 0 Å². The van der Waals surface area contributed by atoms with Crippen LogP contribution in [-0.4, -0.2) is 48.4 Å². The van der Waals surface area contributed by atoms with Crippen molar-refractivity contribution in [1.82, 2.24) is 5.23 Å². The van der Waals surface area contributed by atoms with Crippen molar-refractivity contribution in [2.75, 3.05) is 33.0 Å². The summed E-state index contributed by atoms with van der Waals surface area (Å²) in [7, 11) is 0. The minimum absolute atomic E-state index is 0.128. The van der Waals surface area contributed by atoms with Crippen molar-refractivity contribution in [2.24, 2.45) is 0 Å². The Morgan fingerprint density at radius 2 is 0.960 bits per heavy atom. The van der Waals surface area contributed by atoms with Crippen LogP contribution in [0.4, 0.5) is 0 Å². The van der Waals surface area contributed by atoms with E-state index in [1.165, 1.54) is 75.9 Å². The molecule has 5 heteroatoms. The number of hydrogen-bond acceptors (Lipinski definition) is 5. The third-order valence-electron chi connectivity index (χ3n) is 4.27. The summed E-state index contributed by atoms with van der Waals surface area (Å²) in [5.41, 5.74) is 0. The largest absolute Gasteiger partial charge is 0.396 e. The Kier molecular flexibility index (Phi) is 21.7. The molecular weight excluding hydrogens is 318 g/mol. The highest BCUT2D eigenvalue weighted by Gasteiger charge is 2.06. The molecule has 0 saturated carbocycles. The molecule has 0 aromatic heterocycles. The molecule has 0 spiro atoms. The van der Waals surface area contributed by atoms with E-state index in [9.17, 15) is 0 Å². The highest BCUT2D eigenvalue weighted by molar-refractivity contribution is 4.49. The van der Waals surface area contributed by atoms with Crippen molar-refractivity contribution >= 4 is 0 Å². The minimum Gasteiger partial charge on any atom is -0.396 e. The maximum absolute atomic E-state index is 8.81. The maximum atomic E-state index is 8.81. The Balaban J connectivity index is 3.43. The van der Waals surface area contributed by atoms with Gasteiger partial charge in [-0.25, -0.2) is 0 Å². The van der Waals surface area contributed by atoms with Crippen LogP contribution in [0.15, 0.2) is 0 Å². The molecule has 152 valence electrons. The van der Waals surface area contributed by atoms with Crippen molar-refractivity contribution in [1.29, 1.82) is 0 Å². The summed E-state index contributed by atoms with van der Waals surface area (Å²) >= 11 is 0. The average molecular weight is 362 g/mol. The van der Waals surface area contributed by atoms with Gasteiger partial charge >= 0.3 is 0 Å². The zero-order chi connectivity index (χ0) is 18.4. The molecule has 0 aliphatic heterocycles. The Labute approximate surface area is 155 Å². The average Bonchev–Trinajstić information content (AvgIpc) is 2.62. The number of hydroxylamine groups is 2. The third-order valence-corrected chi connectivity index (χ3v) is 4.27. The van der Waals surface area contributed by atoms with Gasteiger partial charge < -0.3 is 10.2 Å². The van der Waals surface area contributed by atoms with Gasteiger partial charge in [0.25, 0.3) is 0 Å². The van der Waals surface area contributed by atoms with E-state index < -0.39 is 0 Å². The first kappa shape index (κ1) is 24.8. The fraction of sp³-hybridized carbons (Fsp3) is 1.00. The highest BCUT2D eigenvalue weighted by atomic mass is 16.9. The molecule has 0 amide bonds. The van der Waals surface area contributed by atoms with Gasteiger partial charge in [-0.3, -0.25) is 9.68 Å². The van der Waals surface area contributed by atoms with Crippen LogP contribution in [0.2, 0.25) is 0 Å². The Morgan fingerprint density at radius 3 is 1.36 bits per heavy atom. The van der Waals surface area contributed by atoms with E-state index in [1.54, 1.807) is 0 Å². The summed E-state index contributed by atoms with van der Waals surface area (Å²) in [4.78, 5) is 11.0. The number of rotatable bonds is 21. The second-order valence-electron chi connectivity index (χ2n) is 6.77. The van der Waals surface area contributed by atoms with E-state index in [0.29, 0.717) is 26.1 Å². The van der Waals surface area contributed by atoms with E-state index in [2.05, 4.69) is 6.92 Å². The van der Waals surface area contributed by atoms with E-state index in [0.717, 1.165) is 13.0 Å². The van der Waals surface area contributed by atoms with Gasteiger partial charge in [0.05, 0.1) is 19.8 Å². The fourth-order valence-electron chi connectivity index (χ4n) is 2.71. The van der Waals surface area contributed by atoms with Crippen LogP contribution in [0.3, 0.4) is 0 Å². The molecule has 0 aliphatic carbocycles. The molecule has 0 atom stereocenters. The Bertz CT molecular complexity index is 232. The van der Waals surface area contributed by atoms with Crippen LogP contribution in [0.1, 0.15) is 96.8 Å². The number of aliphatic hydroxyl groups excluding tert-OH is 2. The maximum Gasteiger partial charge on any atom is 0.0733 e. The molecule has 25 heavy (non-hydrogen) atoms. The third kappa shape index (κ3) is 20.0. The Hall–Kier alpha value is -0.200. The fourth-order valence-corrected chi connectivity index (χ4v) is 2.71. The monoisotopic (exact) mass is 361 g/mol. The lowest BCUT2D eigenvalue weighted by Gasteiger charge is -2.20. The van der Waals surface area contributed by atoms with Crippen LogP contribution in [0, 0.1) is 0 Å². The Morgan fingerprint density at radius 1 is 0.560 bits per heavy atom. The second kappa shape index (κ2) is 21.8. The summed E-state index contributed by atoms with van der Waals surface area (Å²) in [6.07, 6.45) is 17.2. The SMILES string of the molecule is CCCCCCCCCCCCCCN(OCCCO)OCCCO. The van der Waals surface area contributed by atoms with Gasteiger partial charge in [0.15, 0.2) is 0 Å². The quantitative estimate of drug-likeness (QED) is 0.231. The number of nitrogens with zero attached hydrogens (tertiary/aromatic N) is 1. The number of unbranched alkanes of at least 4 members (excludes halogenated alkanes) is 11. The molecule has 2 N–H and O–H groups in total. The molecule has 0 bridgehead atoms. The first-order chi connectivity index (χ1) is 12.3. The molecule has 0 heterocycles. The van der Waals surface area contributed by atoms with Crippen LogP contribution >= 0.6 is 0 Å². The summed E-state index contributed by atoms with van der Waals surface area (Å²) < 4.78 is 0. The molecule has 0 fully saturated rings. The summed E-state index contributed by atoms with van der Waals surface area (Å²) in [5.74, 6) is 0. The summed E-state index contributed by atoms with van der Waals surface area (Å²) in [5, 5.41) is 19.1. The molecule has 0 aromatic rings. The zero-order valence-electron chi connectivity index (χ0n) is 16.6. The van der Waals surface area contributed by atoms with Crippen molar-refractivity contribution in [2.45, 2.75) is 96.8 Å². The molecule has 0 rings (SSSR count). The van der Waals surface area contributed by atoms with E-state index >= 15 is 0 Å². The molecular formula is C20H43NO4. The van der Waals surface area contributed by atoms with Crippen LogP contribution in [-0.2, 0) is 9.68 Å². The first-order valence-electron chi connectivity index (χ1n) is 10.6. The molecule has 0 aliphatic rings.